The molecule has 0 bridgehead atoms. The van der Waals surface area contributed by atoms with Gasteiger partial charge in [-0.25, -0.2) is 0 Å². The summed E-state index contributed by atoms with van der Waals surface area (Å²) < 4.78 is 0. The maximum Gasteiger partial charge on any atom is 0.300 e. The minimum atomic E-state index is -0.833. The first-order valence-electron chi connectivity index (χ1n) is 7.37. The Labute approximate surface area is 158 Å². The van der Waals surface area contributed by atoms with Crippen molar-refractivity contribution in [3.8, 4) is 0 Å². The Bertz CT molecular complexity index is 258. The van der Waals surface area contributed by atoms with E-state index >= 15 is 0 Å². The molecule has 0 saturated heterocycles. The van der Waals surface area contributed by atoms with Gasteiger partial charge in [0.1, 0.15) is 0 Å². The molecule has 0 rings (SSSR count). The van der Waals surface area contributed by atoms with Crippen molar-refractivity contribution >= 4 is 23.9 Å². The van der Waals surface area contributed by atoms with Gasteiger partial charge in [-0.1, -0.05) is 0 Å². The van der Waals surface area contributed by atoms with Gasteiger partial charge >= 0.3 is 0 Å². The van der Waals surface area contributed by atoms with Crippen molar-refractivity contribution in [3.63, 3.8) is 0 Å². The standard InChI is InChI=1S/C4H11NO2.C2H8N2.4C2H4O2/c6-3-1-5-2-4-7;3-1-2-4;4*1-2(3)4/h5-7H,1-4H2;1-4H2;4*1H3,(H,3,4). The summed E-state index contributed by atoms with van der Waals surface area (Å²) in [6.45, 7) is 6.95. The number of aliphatic hydroxyl groups is 2. The molecule has 0 aliphatic carbocycles. The van der Waals surface area contributed by atoms with Crippen LogP contribution in [0, 0.1) is 0 Å². The molecule has 13 nitrogen and oxygen atoms in total. The molecule has 0 fully saturated rings. The van der Waals surface area contributed by atoms with Crippen LogP contribution in [0.15, 0.2) is 0 Å². The molecule has 166 valence electrons. The summed E-state index contributed by atoms with van der Waals surface area (Å²) in [4.78, 5) is 36.0. The van der Waals surface area contributed by atoms with E-state index in [-0.39, 0.29) is 13.2 Å². The third kappa shape index (κ3) is 1550. The number of hydrogen-bond acceptors (Lipinski definition) is 9. The number of rotatable bonds is 5. The Kier molecular flexibility index (Phi) is 64.3. The molecule has 0 aromatic rings. The maximum atomic E-state index is 9.00. The zero-order chi connectivity index (χ0) is 23.3. The molecule has 0 saturated carbocycles. The fraction of sp³-hybridized carbons (Fsp3) is 0.714. The molecule has 0 atom stereocenters. The predicted octanol–water partition coefficient (Wildman–Crippen LogP) is -2.17. The molecule has 0 unspecified atom stereocenters. The first-order valence-corrected chi connectivity index (χ1v) is 7.37. The Morgan fingerprint density at radius 3 is 0.852 bits per heavy atom. The average molecular weight is 405 g/mol. The number of hydrogen-bond donors (Lipinski definition) is 9. The average Bonchev–Trinajstić information content (AvgIpc) is 2.46. The van der Waals surface area contributed by atoms with Crippen molar-refractivity contribution in [2.24, 2.45) is 11.5 Å². The number of aliphatic carboxylic acids is 4. The molecular weight excluding hydrogens is 370 g/mol. The van der Waals surface area contributed by atoms with Gasteiger partial charge in [-0.2, -0.15) is 0 Å². The lowest BCUT2D eigenvalue weighted by Crippen LogP contribution is -2.21. The van der Waals surface area contributed by atoms with Gasteiger partial charge in [-0.05, 0) is 0 Å². The smallest absolute Gasteiger partial charge is 0.300 e. The largest absolute Gasteiger partial charge is 0.481 e. The summed E-state index contributed by atoms with van der Waals surface area (Å²) in [6.07, 6.45) is 0. The molecule has 11 N–H and O–H groups in total. The first kappa shape index (κ1) is 39.7. The topological polar surface area (TPSA) is 254 Å². The van der Waals surface area contributed by atoms with Crippen LogP contribution in [-0.4, -0.2) is 93.9 Å². The minimum absolute atomic E-state index is 0.139. The molecule has 0 heterocycles. The molecular formula is C14H35N3O10. The number of nitrogens with two attached hydrogens (primary N) is 2. The SMILES string of the molecule is CC(=O)O.CC(=O)O.CC(=O)O.CC(=O)O.NCCN.OCCNCCO. The van der Waals surface area contributed by atoms with E-state index in [1.165, 1.54) is 0 Å². The normalized spacial score (nSPS) is 7.26. The molecule has 0 aliphatic heterocycles. The van der Waals surface area contributed by atoms with Crippen LogP contribution in [0.1, 0.15) is 27.7 Å². The fourth-order valence-electron chi connectivity index (χ4n) is 0.283. The number of aliphatic hydroxyl groups excluding tert-OH is 2. The lowest BCUT2D eigenvalue weighted by Gasteiger charge is -1.94. The highest BCUT2D eigenvalue weighted by molar-refractivity contribution is 5.63. The summed E-state index contributed by atoms with van der Waals surface area (Å²) in [5.74, 6) is -3.33. The van der Waals surface area contributed by atoms with E-state index in [0.29, 0.717) is 26.2 Å². The molecule has 0 radical (unpaired) electrons. The second kappa shape index (κ2) is 43.8. The number of carboxylic acids is 4. The van der Waals surface area contributed by atoms with E-state index in [1.807, 2.05) is 0 Å². The number of nitrogens with one attached hydrogen (secondary N) is 1. The van der Waals surface area contributed by atoms with Crippen LogP contribution >= 0.6 is 0 Å². The van der Waals surface area contributed by atoms with Crippen LogP contribution in [0.2, 0.25) is 0 Å². The Balaban J connectivity index is -0.0000000500. The maximum absolute atomic E-state index is 9.00. The van der Waals surface area contributed by atoms with Crippen molar-refractivity contribution in [2.45, 2.75) is 27.7 Å². The highest BCUT2D eigenvalue weighted by atomic mass is 16.4. The molecule has 0 aromatic heterocycles. The number of carbonyl (C=O) groups is 4. The third-order valence-corrected chi connectivity index (χ3v) is 0.744. The van der Waals surface area contributed by atoms with Gasteiger partial charge in [0.15, 0.2) is 0 Å². The van der Waals surface area contributed by atoms with Crippen molar-refractivity contribution in [3.05, 3.63) is 0 Å². The van der Waals surface area contributed by atoms with Gasteiger partial charge in [-0.3, -0.25) is 19.2 Å². The van der Waals surface area contributed by atoms with Crippen molar-refractivity contribution < 1.29 is 49.8 Å². The summed E-state index contributed by atoms with van der Waals surface area (Å²) in [5, 5.41) is 48.7. The van der Waals surface area contributed by atoms with E-state index in [4.69, 9.17) is 61.3 Å². The molecule has 0 aliphatic rings. The Morgan fingerprint density at radius 1 is 0.630 bits per heavy atom. The van der Waals surface area contributed by atoms with Gasteiger partial charge < -0.3 is 47.4 Å². The second-order valence-electron chi connectivity index (χ2n) is 3.85. The van der Waals surface area contributed by atoms with Crippen LogP contribution in [0.4, 0.5) is 0 Å². The van der Waals surface area contributed by atoms with Gasteiger partial charge in [0.05, 0.1) is 13.2 Å². The lowest BCUT2D eigenvalue weighted by molar-refractivity contribution is -0.135. The summed E-state index contributed by atoms with van der Waals surface area (Å²) in [6, 6.07) is 0. The van der Waals surface area contributed by atoms with E-state index < -0.39 is 23.9 Å². The lowest BCUT2D eigenvalue weighted by atomic mass is 10.6. The third-order valence-electron chi connectivity index (χ3n) is 0.744. The minimum Gasteiger partial charge on any atom is -0.481 e. The number of carboxylic acid groups (broad SMARTS) is 4. The van der Waals surface area contributed by atoms with Crippen molar-refractivity contribution in [1.82, 2.24) is 5.32 Å². The Morgan fingerprint density at radius 2 is 0.778 bits per heavy atom. The first-order chi connectivity index (χ1) is 12.3. The van der Waals surface area contributed by atoms with E-state index in [9.17, 15) is 0 Å². The monoisotopic (exact) mass is 405 g/mol. The fourth-order valence-corrected chi connectivity index (χ4v) is 0.283. The zero-order valence-corrected chi connectivity index (χ0v) is 16.2. The van der Waals surface area contributed by atoms with Gasteiger partial charge in [-0.15, -0.1) is 0 Å². The zero-order valence-electron chi connectivity index (χ0n) is 16.2. The predicted molar refractivity (Wildman–Crippen MR) is 98.4 cm³/mol. The second-order valence-corrected chi connectivity index (χ2v) is 3.85. The van der Waals surface area contributed by atoms with Gasteiger partial charge in [0.2, 0.25) is 0 Å². The van der Waals surface area contributed by atoms with E-state index in [1.54, 1.807) is 0 Å². The van der Waals surface area contributed by atoms with Crippen LogP contribution in [0.3, 0.4) is 0 Å². The quantitative estimate of drug-likeness (QED) is 0.221. The summed E-state index contributed by atoms with van der Waals surface area (Å²) in [7, 11) is 0. The highest BCUT2D eigenvalue weighted by Gasteiger charge is 1.78. The molecule has 13 heteroatoms. The van der Waals surface area contributed by atoms with Crippen LogP contribution in [0.5, 0.6) is 0 Å². The van der Waals surface area contributed by atoms with Crippen LogP contribution in [-0.2, 0) is 19.2 Å². The molecule has 0 amide bonds. The van der Waals surface area contributed by atoms with Gasteiger partial charge in [0.25, 0.3) is 23.9 Å². The van der Waals surface area contributed by atoms with Crippen molar-refractivity contribution in [2.75, 3.05) is 39.4 Å². The molecule has 0 aromatic carbocycles. The van der Waals surface area contributed by atoms with Crippen LogP contribution in [0.25, 0.3) is 0 Å². The van der Waals surface area contributed by atoms with Crippen LogP contribution < -0.4 is 16.8 Å². The van der Waals surface area contributed by atoms with Crippen molar-refractivity contribution in [1.29, 1.82) is 0 Å². The highest BCUT2D eigenvalue weighted by Crippen LogP contribution is 1.54. The summed E-state index contributed by atoms with van der Waals surface area (Å²) in [5.41, 5.74) is 9.81. The van der Waals surface area contributed by atoms with E-state index in [0.717, 1.165) is 27.7 Å². The molecule has 0 spiro atoms. The Hall–Kier alpha value is -2.32. The van der Waals surface area contributed by atoms with Gasteiger partial charge in [0, 0.05) is 53.9 Å². The molecule has 27 heavy (non-hydrogen) atoms. The summed E-state index contributed by atoms with van der Waals surface area (Å²) >= 11 is 0. The van der Waals surface area contributed by atoms with E-state index in [2.05, 4.69) is 5.32 Å².